The Hall–Kier alpha value is -1.43. The lowest BCUT2D eigenvalue weighted by Gasteiger charge is -2.14. The number of ether oxygens (including phenoxy) is 1. The van der Waals surface area contributed by atoms with Gasteiger partial charge in [-0.05, 0) is 36.8 Å². The number of para-hydroxylation sites is 1. The van der Waals surface area contributed by atoms with Crippen molar-refractivity contribution in [3.63, 3.8) is 0 Å². The summed E-state index contributed by atoms with van der Waals surface area (Å²) in [6.45, 7) is 3.46. The minimum atomic E-state index is 0. The molecule has 2 aromatic carbocycles. The average Bonchev–Trinajstić information content (AvgIpc) is 2.59. The van der Waals surface area contributed by atoms with E-state index in [4.69, 9.17) is 33.7 Å². The maximum Gasteiger partial charge on any atom is 0.145 e. The van der Waals surface area contributed by atoms with E-state index in [0.29, 0.717) is 29.7 Å². The summed E-state index contributed by atoms with van der Waals surface area (Å²) < 4.78 is 5.72. The number of halogens is 4. The van der Waals surface area contributed by atoms with Gasteiger partial charge in [-0.15, -0.1) is 24.8 Å². The zero-order chi connectivity index (χ0) is 17.8. The van der Waals surface area contributed by atoms with Crippen LogP contribution >= 0.6 is 48.0 Å². The number of rotatable bonds is 6. The van der Waals surface area contributed by atoms with Crippen LogP contribution in [-0.2, 0) is 6.54 Å². The summed E-state index contributed by atoms with van der Waals surface area (Å²) in [7, 11) is 0. The fourth-order valence-electron chi connectivity index (χ4n) is 2.64. The lowest BCUT2D eigenvalue weighted by Crippen LogP contribution is -2.11. The van der Waals surface area contributed by atoms with Gasteiger partial charge < -0.3 is 15.8 Å². The largest absolute Gasteiger partial charge is 0.490 e. The third-order valence-electron chi connectivity index (χ3n) is 3.79. The van der Waals surface area contributed by atoms with Crippen LogP contribution in [0, 0.1) is 6.92 Å². The van der Waals surface area contributed by atoms with Crippen molar-refractivity contribution in [1.29, 1.82) is 0 Å². The number of anilines is 1. The van der Waals surface area contributed by atoms with Gasteiger partial charge in [-0.3, -0.25) is 0 Å². The Morgan fingerprint density at radius 3 is 2.59 bits per heavy atom. The van der Waals surface area contributed by atoms with Crippen LogP contribution in [0.4, 0.5) is 5.69 Å². The highest BCUT2D eigenvalue weighted by Gasteiger charge is 2.10. The molecule has 146 valence electrons. The monoisotopic (exact) mass is 447 g/mol. The third kappa shape index (κ3) is 5.77. The Morgan fingerprint density at radius 1 is 1.11 bits per heavy atom. The quantitative estimate of drug-likeness (QED) is 0.511. The number of nitrogens with zero attached hydrogens (tertiary/aromatic N) is 1. The molecule has 0 saturated heterocycles. The summed E-state index contributed by atoms with van der Waals surface area (Å²) >= 11 is 12.2. The van der Waals surface area contributed by atoms with Crippen molar-refractivity contribution < 1.29 is 4.74 Å². The van der Waals surface area contributed by atoms with Crippen LogP contribution in [0.25, 0.3) is 10.9 Å². The second-order valence-electron chi connectivity index (χ2n) is 5.69. The fraction of sp³-hybridized carbons (Fsp3) is 0.211. The van der Waals surface area contributed by atoms with Crippen molar-refractivity contribution in [2.45, 2.75) is 13.5 Å². The summed E-state index contributed by atoms with van der Waals surface area (Å²) in [6.07, 6.45) is 0. The van der Waals surface area contributed by atoms with E-state index in [1.54, 1.807) is 6.07 Å². The molecule has 3 aromatic rings. The lowest BCUT2D eigenvalue weighted by atomic mass is 10.1. The summed E-state index contributed by atoms with van der Waals surface area (Å²) in [4.78, 5) is 4.62. The van der Waals surface area contributed by atoms with Crippen LogP contribution in [0.5, 0.6) is 5.75 Å². The molecule has 0 amide bonds. The van der Waals surface area contributed by atoms with E-state index in [-0.39, 0.29) is 24.8 Å². The number of nitrogens with two attached hydrogens (primary N) is 1. The molecule has 0 fully saturated rings. The second kappa shape index (κ2) is 10.8. The van der Waals surface area contributed by atoms with E-state index in [0.717, 1.165) is 33.6 Å². The third-order valence-corrected chi connectivity index (χ3v) is 4.38. The molecule has 0 atom stereocenters. The second-order valence-corrected chi connectivity index (χ2v) is 6.53. The lowest BCUT2D eigenvalue weighted by molar-refractivity contribution is 0.331. The number of aromatic nitrogens is 1. The molecule has 3 rings (SSSR count). The predicted molar refractivity (Wildman–Crippen MR) is 119 cm³/mol. The number of benzene rings is 2. The van der Waals surface area contributed by atoms with Gasteiger partial charge >= 0.3 is 0 Å². The Balaban J connectivity index is 0.00000182. The van der Waals surface area contributed by atoms with Crippen LogP contribution in [0.2, 0.25) is 10.0 Å². The standard InChI is InChI=1S/C19H19Cl2N3O.2ClH/c1-12-9-17(23-11-13-5-6-14(20)10-16(13)21)15-3-2-4-18(19(15)24-12)25-8-7-22;;/h2-6,9-10H,7-8,11,22H2,1H3,(H,23,24);2*1H. The molecule has 1 aromatic heterocycles. The maximum atomic E-state index is 6.26. The molecule has 0 aliphatic rings. The molecule has 0 spiro atoms. The number of nitrogens with one attached hydrogen (secondary N) is 1. The SMILES string of the molecule is Cc1cc(NCc2ccc(Cl)cc2Cl)c2cccc(OCCN)c2n1.Cl.Cl. The zero-order valence-corrected chi connectivity index (χ0v) is 17.8. The molecule has 0 aliphatic carbocycles. The normalized spacial score (nSPS) is 10.1. The van der Waals surface area contributed by atoms with E-state index >= 15 is 0 Å². The first kappa shape index (κ1) is 23.6. The van der Waals surface area contributed by atoms with E-state index < -0.39 is 0 Å². The van der Waals surface area contributed by atoms with Crippen molar-refractivity contribution in [3.05, 3.63) is 63.8 Å². The summed E-state index contributed by atoms with van der Waals surface area (Å²) in [5, 5.41) is 5.70. The van der Waals surface area contributed by atoms with Crippen LogP contribution in [-0.4, -0.2) is 18.1 Å². The highest BCUT2D eigenvalue weighted by Crippen LogP contribution is 2.31. The van der Waals surface area contributed by atoms with Crippen molar-refractivity contribution in [2.75, 3.05) is 18.5 Å². The van der Waals surface area contributed by atoms with Gasteiger partial charge in [0.2, 0.25) is 0 Å². The fourth-order valence-corrected chi connectivity index (χ4v) is 3.11. The Bertz CT molecular complexity index is 906. The summed E-state index contributed by atoms with van der Waals surface area (Å²) in [5.41, 5.74) is 9.22. The Morgan fingerprint density at radius 2 is 1.89 bits per heavy atom. The molecule has 4 nitrogen and oxygen atoms in total. The summed E-state index contributed by atoms with van der Waals surface area (Å²) in [6, 6.07) is 13.4. The molecule has 0 radical (unpaired) electrons. The molecule has 0 aliphatic heterocycles. The van der Waals surface area contributed by atoms with Gasteiger partial charge in [-0.25, -0.2) is 4.98 Å². The van der Waals surface area contributed by atoms with Crippen LogP contribution in [0.3, 0.4) is 0 Å². The summed E-state index contributed by atoms with van der Waals surface area (Å²) in [5.74, 6) is 0.735. The first-order valence-corrected chi connectivity index (χ1v) is 8.75. The van der Waals surface area contributed by atoms with Crippen LogP contribution < -0.4 is 15.8 Å². The number of pyridine rings is 1. The first-order chi connectivity index (χ1) is 12.1. The Labute approximate surface area is 181 Å². The molecule has 1 heterocycles. The molecule has 0 saturated carbocycles. The van der Waals surface area contributed by atoms with E-state index in [2.05, 4.69) is 10.3 Å². The van der Waals surface area contributed by atoms with Gasteiger partial charge in [-0.2, -0.15) is 0 Å². The predicted octanol–water partition coefficient (Wildman–Crippen LogP) is 5.64. The number of fused-ring (bicyclic) bond motifs is 1. The number of hydrogen-bond donors (Lipinski definition) is 2. The topological polar surface area (TPSA) is 60.2 Å². The van der Waals surface area contributed by atoms with Crippen molar-refractivity contribution in [3.8, 4) is 5.75 Å². The maximum absolute atomic E-state index is 6.26. The molecular weight excluding hydrogens is 428 g/mol. The molecule has 0 bridgehead atoms. The minimum Gasteiger partial charge on any atom is -0.490 e. The Kier molecular flexibility index (Phi) is 9.43. The average molecular weight is 449 g/mol. The van der Waals surface area contributed by atoms with Gasteiger partial charge in [0.25, 0.3) is 0 Å². The van der Waals surface area contributed by atoms with Gasteiger partial charge in [0.15, 0.2) is 0 Å². The van der Waals surface area contributed by atoms with Crippen LogP contribution in [0.15, 0.2) is 42.5 Å². The van der Waals surface area contributed by atoms with Gasteiger partial charge in [0.1, 0.15) is 17.9 Å². The highest BCUT2D eigenvalue weighted by molar-refractivity contribution is 6.35. The molecule has 3 N–H and O–H groups in total. The molecule has 27 heavy (non-hydrogen) atoms. The van der Waals surface area contributed by atoms with Gasteiger partial charge in [0, 0.05) is 39.9 Å². The molecule has 8 heteroatoms. The number of hydrogen-bond acceptors (Lipinski definition) is 4. The highest BCUT2D eigenvalue weighted by atomic mass is 35.5. The van der Waals surface area contributed by atoms with Crippen LogP contribution in [0.1, 0.15) is 11.3 Å². The van der Waals surface area contributed by atoms with Crippen molar-refractivity contribution in [2.24, 2.45) is 5.73 Å². The van der Waals surface area contributed by atoms with Gasteiger partial charge in [-0.1, -0.05) is 41.4 Å². The van der Waals surface area contributed by atoms with Gasteiger partial charge in [0.05, 0.1) is 0 Å². The zero-order valence-electron chi connectivity index (χ0n) is 14.7. The first-order valence-electron chi connectivity index (χ1n) is 7.99. The molecule has 0 unspecified atom stereocenters. The van der Waals surface area contributed by atoms with Crippen molar-refractivity contribution >= 4 is 64.6 Å². The molecular formula is C19H21Cl4N3O. The number of aryl methyl sites for hydroxylation is 1. The van der Waals surface area contributed by atoms with E-state index in [1.165, 1.54) is 0 Å². The van der Waals surface area contributed by atoms with E-state index in [1.807, 2.05) is 43.3 Å². The van der Waals surface area contributed by atoms with E-state index in [9.17, 15) is 0 Å². The minimum absolute atomic E-state index is 0. The smallest absolute Gasteiger partial charge is 0.145 e. The van der Waals surface area contributed by atoms with Crippen molar-refractivity contribution in [1.82, 2.24) is 4.98 Å².